The van der Waals surface area contributed by atoms with Crippen LogP contribution < -0.4 is 5.32 Å². The molecule has 1 N–H and O–H groups in total. The van der Waals surface area contributed by atoms with E-state index in [2.05, 4.69) is 5.32 Å². The van der Waals surface area contributed by atoms with E-state index < -0.39 is 0 Å². The molecular weight excluding hydrogens is 220 g/mol. The zero-order valence-electron chi connectivity index (χ0n) is 8.30. The van der Waals surface area contributed by atoms with E-state index in [1.54, 1.807) is 0 Å². The molecule has 0 aliphatic carbocycles. The second-order valence-electron chi connectivity index (χ2n) is 3.73. The molecule has 1 nitrogen and oxygen atoms in total. The number of benzene rings is 1. The van der Waals surface area contributed by atoms with Gasteiger partial charge in [0.15, 0.2) is 0 Å². The van der Waals surface area contributed by atoms with Gasteiger partial charge in [0.2, 0.25) is 0 Å². The van der Waals surface area contributed by atoms with Gasteiger partial charge in [0.05, 0.1) is 0 Å². The summed E-state index contributed by atoms with van der Waals surface area (Å²) in [6.45, 7) is 0.988. The van der Waals surface area contributed by atoms with Crippen LogP contribution >= 0.6 is 12.4 Å². The van der Waals surface area contributed by atoms with Crippen molar-refractivity contribution in [3.05, 3.63) is 35.4 Å². The lowest BCUT2D eigenvalue weighted by Crippen LogP contribution is -2.24. The zero-order valence-corrected chi connectivity index (χ0v) is 9.12. The minimum Gasteiger partial charge on any atom is -0.314 e. The van der Waals surface area contributed by atoms with Crippen molar-refractivity contribution in [1.29, 1.82) is 0 Å². The number of hydrogen-bond donors (Lipinski definition) is 1. The molecule has 0 spiro atoms. The van der Waals surface area contributed by atoms with Gasteiger partial charge in [-0.2, -0.15) is 0 Å². The molecule has 1 heterocycles. The molecule has 0 aromatic heterocycles. The molecule has 1 saturated heterocycles. The summed E-state index contributed by atoms with van der Waals surface area (Å²) in [6.07, 6.45) is 2.77. The third kappa shape index (κ3) is 3.14. The maximum atomic E-state index is 13.2. The van der Waals surface area contributed by atoms with Crippen molar-refractivity contribution in [3.63, 3.8) is 0 Å². The summed E-state index contributed by atoms with van der Waals surface area (Å²) in [5, 5.41) is 3.26. The van der Waals surface area contributed by atoms with E-state index in [0.29, 0.717) is 18.0 Å². The van der Waals surface area contributed by atoms with Gasteiger partial charge >= 0.3 is 0 Å². The summed E-state index contributed by atoms with van der Waals surface area (Å²) < 4.78 is 26.1. The number of halogens is 3. The average Bonchev–Trinajstić information content (AvgIpc) is 2.64. The quantitative estimate of drug-likeness (QED) is 0.828. The smallest absolute Gasteiger partial charge is 0.126 e. The first-order chi connectivity index (χ1) is 6.75. The van der Waals surface area contributed by atoms with Gasteiger partial charge < -0.3 is 5.32 Å². The highest BCUT2D eigenvalue weighted by Gasteiger charge is 2.16. The van der Waals surface area contributed by atoms with Gasteiger partial charge in [0.1, 0.15) is 11.6 Å². The Morgan fingerprint density at radius 3 is 2.80 bits per heavy atom. The summed E-state index contributed by atoms with van der Waals surface area (Å²) in [5.74, 6) is -0.667. The molecule has 1 aromatic carbocycles. The van der Waals surface area contributed by atoms with Crippen molar-refractivity contribution < 1.29 is 8.78 Å². The van der Waals surface area contributed by atoms with Gasteiger partial charge in [-0.1, -0.05) is 0 Å². The Hall–Kier alpha value is -0.670. The largest absolute Gasteiger partial charge is 0.314 e. The monoisotopic (exact) mass is 233 g/mol. The molecule has 0 radical (unpaired) electrons. The summed E-state index contributed by atoms with van der Waals surface area (Å²) in [5.41, 5.74) is 0.476. The molecule has 0 saturated carbocycles. The number of nitrogens with one attached hydrogen (secondary N) is 1. The van der Waals surface area contributed by atoms with Crippen molar-refractivity contribution in [3.8, 4) is 0 Å². The second kappa shape index (κ2) is 5.42. The molecule has 0 amide bonds. The Morgan fingerprint density at radius 2 is 2.13 bits per heavy atom. The molecule has 84 valence electrons. The molecule has 1 atom stereocenters. The molecule has 1 aliphatic rings. The van der Waals surface area contributed by atoms with Crippen LogP contribution in [-0.4, -0.2) is 12.6 Å². The van der Waals surface area contributed by atoms with Crippen LogP contribution in [0.2, 0.25) is 0 Å². The fourth-order valence-electron chi connectivity index (χ4n) is 1.90. The Labute approximate surface area is 94.3 Å². The van der Waals surface area contributed by atoms with Gasteiger partial charge in [-0.15, -0.1) is 12.4 Å². The highest BCUT2D eigenvalue weighted by molar-refractivity contribution is 5.85. The first kappa shape index (κ1) is 12.4. The molecule has 1 aromatic rings. The third-order valence-electron chi connectivity index (χ3n) is 2.64. The predicted molar refractivity (Wildman–Crippen MR) is 58.3 cm³/mol. The number of hydrogen-bond acceptors (Lipinski definition) is 1. The topological polar surface area (TPSA) is 12.0 Å². The van der Waals surface area contributed by atoms with Crippen molar-refractivity contribution in [1.82, 2.24) is 5.32 Å². The lowest BCUT2D eigenvalue weighted by Gasteiger charge is -2.10. The van der Waals surface area contributed by atoms with Crippen LogP contribution in [0.5, 0.6) is 0 Å². The summed E-state index contributed by atoms with van der Waals surface area (Å²) in [7, 11) is 0. The van der Waals surface area contributed by atoms with Crippen LogP contribution in [0.4, 0.5) is 8.78 Å². The average molecular weight is 234 g/mol. The van der Waals surface area contributed by atoms with Crippen LogP contribution in [0, 0.1) is 11.6 Å². The van der Waals surface area contributed by atoms with Gasteiger partial charge in [0.25, 0.3) is 0 Å². The molecule has 1 unspecified atom stereocenters. The highest BCUT2D eigenvalue weighted by Crippen LogP contribution is 2.16. The second-order valence-corrected chi connectivity index (χ2v) is 3.73. The van der Waals surface area contributed by atoms with Crippen molar-refractivity contribution >= 4 is 12.4 Å². The molecule has 15 heavy (non-hydrogen) atoms. The fraction of sp³-hybridized carbons (Fsp3) is 0.455. The Kier molecular flexibility index (Phi) is 4.48. The van der Waals surface area contributed by atoms with E-state index in [9.17, 15) is 8.78 Å². The van der Waals surface area contributed by atoms with E-state index in [-0.39, 0.29) is 24.0 Å². The highest BCUT2D eigenvalue weighted by atomic mass is 35.5. The standard InChI is InChI=1S/C11H13F2N.ClH/c12-9-3-4-11(13)8(6-9)7-10-2-1-5-14-10;/h3-4,6,10,14H,1-2,5,7H2;1H. The van der Waals surface area contributed by atoms with Gasteiger partial charge in [-0.25, -0.2) is 8.78 Å². The van der Waals surface area contributed by atoms with E-state index in [4.69, 9.17) is 0 Å². The van der Waals surface area contributed by atoms with Crippen LogP contribution in [0.3, 0.4) is 0 Å². The van der Waals surface area contributed by atoms with Crippen LogP contribution in [0.1, 0.15) is 18.4 Å². The third-order valence-corrected chi connectivity index (χ3v) is 2.64. The Balaban J connectivity index is 0.00000112. The SMILES string of the molecule is Cl.Fc1ccc(F)c(CC2CCCN2)c1. The van der Waals surface area contributed by atoms with Gasteiger partial charge in [-0.3, -0.25) is 0 Å². The zero-order chi connectivity index (χ0) is 9.97. The summed E-state index contributed by atoms with van der Waals surface area (Å²) >= 11 is 0. The molecule has 1 fully saturated rings. The van der Waals surface area contributed by atoms with Crippen molar-refractivity contribution in [2.24, 2.45) is 0 Å². The predicted octanol–water partition coefficient (Wildman–Crippen LogP) is 2.68. The lowest BCUT2D eigenvalue weighted by atomic mass is 10.0. The minimum atomic E-state index is -0.362. The fourth-order valence-corrected chi connectivity index (χ4v) is 1.90. The lowest BCUT2D eigenvalue weighted by molar-refractivity contribution is 0.549. The van der Waals surface area contributed by atoms with Crippen LogP contribution in [-0.2, 0) is 6.42 Å². The molecular formula is C11H14ClF2N. The summed E-state index contributed by atoms with van der Waals surface area (Å²) in [6, 6.07) is 3.95. The van der Waals surface area contributed by atoms with E-state index in [0.717, 1.165) is 25.5 Å². The first-order valence-corrected chi connectivity index (χ1v) is 4.93. The molecule has 4 heteroatoms. The molecule has 0 bridgehead atoms. The molecule has 1 aliphatic heterocycles. The molecule has 2 rings (SSSR count). The van der Waals surface area contributed by atoms with Gasteiger partial charge in [0, 0.05) is 6.04 Å². The maximum Gasteiger partial charge on any atom is 0.126 e. The van der Waals surface area contributed by atoms with Gasteiger partial charge in [-0.05, 0) is 49.6 Å². The van der Waals surface area contributed by atoms with Crippen LogP contribution in [0.15, 0.2) is 18.2 Å². The van der Waals surface area contributed by atoms with E-state index in [1.807, 2.05) is 0 Å². The van der Waals surface area contributed by atoms with Crippen LogP contribution in [0.25, 0.3) is 0 Å². The minimum absolute atomic E-state index is 0. The number of rotatable bonds is 2. The first-order valence-electron chi connectivity index (χ1n) is 4.93. The van der Waals surface area contributed by atoms with E-state index in [1.165, 1.54) is 12.1 Å². The van der Waals surface area contributed by atoms with E-state index >= 15 is 0 Å². The maximum absolute atomic E-state index is 13.2. The Bertz CT molecular complexity index is 324. The Morgan fingerprint density at radius 1 is 1.33 bits per heavy atom. The van der Waals surface area contributed by atoms with Crippen molar-refractivity contribution in [2.75, 3.05) is 6.54 Å². The normalized spacial score (nSPS) is 20.0. The summed E-state index contributed by atoms with van der Waals surface area (Å²) in [4.78, 5) is 0. The van der Waals surface area contributed by atoms with Crippen molar-refractivity contribution in [2.45, 2.75) is 25.3 Å².